The minimum Gasteiger partial charge on any atom is -0.329 e. The summed E-state index contributed by atoms with van der Waals surface area (Å²) in [6, 6.07) is 6.02. The van der Waals surface area contributed by atoms with E-state index < -0.39 is 0 Å². The van der Waals surface area contributed by atoms with Gasteiger partial charge < -0.3 is 10.1 Å². The molecule has 0 aliphatic rings. The summed E-state index contributed by atoms with van der Waals surface area (Å²) in [5, 5.41) is 0.495. The van der Waals surface area contributed by atoms with Crippen LogP contribution in [0.1, 0.15) is 12.6 Å². The molecule has 0 bridgehead atoms. The Hall–Kier alpha value is -1.00. The van der Waals surface area contributed by atoms with E-state index in [1.807, 2.05) is 40.6 Å². The van der Waals surface area contributed by atoms with Gasteiger partial charge in [-0.3, -0.25) is 0 Å². The van der Waals surface area contributed by atoms with E-state index in [1.54, 1.807) is 0 Å². The van der Waals surface area contributed by atoms with Crippen molar-refractivity contribution in [2.75, 3.05) is 6.54 Å². The number of rotatable bonds is 4. The van der Waals surface area contributed by atoms with Crippen LogP contribution in [-0.4, -0.2) is 21.2 Å². The molecule has 2 N–H and O–H groups in total. The lowest BCUT2D eigenvalue weighted by Crippen LogP contribution is -2.12. The number of imidazole rings is 1. The van der Waals surface area contributed by atoms with Gasteiger partial charge in [-0.25, -0.2) is 4.98 Å². The topological polar surface area (TPSA) is 43.3 Å². The fraction of sp³-hybridized carbons (Fsp3) is 0.364. The van der Waals surface area contributed by atoms with E-state index >= 15 is 0 Å². The number of thioether (sulfide) groups is 1. The summed E-state index contributed by atoms with van der Waals surface area (Å²) >= 11 is 1.84. The predicted octanol–water partition coefficient (Wildman–Crippen LogP) is 1.91. The van der Waals surface area contributed by atoms with Gasteiger partial charge in [0.15, 0.2) is 0 Å². The van der Waals surface area contributed by atoms with Gasteiger partial charge >= 0.3 is 0 Å². The number of aromatic nitrogens is 2. The molecule has 0 fully saturated rings. The van der Waals surface area contributed by atoms with Crippen LogP contribution in [0.2, 0.25) is 0 Å². The third kappa shape index (κ3) is 2.52. The average molecular weight is 221 g/mol. The van der Waals surface area contributed by atoms with Crippen molar-refractivity contribution in [3.8, 4) is 0 Å². The monoisotopic (exact) mass is 221 g/mol. The molecule has 0 aliphatic heterocycles. The Bertz CT molecular complexity index is 405. The highest BCUT2D eigenvalue weighted by atomic mass is 32.2. The van der Waals surface area contributed by atoms with Gasteiger partial charge in [0.1, 0.15) is 5.65 Å². The van der Waals surface area contributed by atoms with Crippen molar-refractivity contribution in [2.24, 2.45) is 5.73 Å². The van der Waals surface area contributed by atoms with Gasteiger partial charge in [-0.15, -0.1) is 0 Å². The fourth-order valence-electron chi connectivity index (χ4n) is 1.35. The first-order chi connectivity index (χ1) is 7.29. The molecule has 0 saturated carbocycles. The Morgan fingerprint density at radius 3 is 3.13 bits per heavy atom. The summed E-state index contributed by atoms with van der Waals surface area (Å²) in [6.07, 6.45) is 4.09. The van der Waals surface area contributed by atoms with E-state index in [4.69, 9.17) is 5.73 Å². The van der Waals surface area contributed by atoms with E-state index in [0.717, 1.165) is 23.6 Å². The van der Waals surface area contributed by atoms with Crippen LogP contribution in [0.15, 0.2) is 30.6 Å². The molecule has 2 heterocycles. The summed E-state index contributed by atoms with van der Waals surface area (Å²) in [6.45, 7) is 2.86. The fourth-order valence-corrected chi connectivity index (χ4v) is 2.08. The second kappa shape index (κ2) is 4.68. The Labute approximate surface area is 93.7 Å². The Balaban J connectivity index is 2.09. The summed E-state index contributed by atoms with van der Waals surface area (Å²) in [4.78, 5) is 4.52. The summed E-state index contributed by atoms with van der Waals surface area (Å²) < 4.78 is 2.04. The van der Waals surface area contributed by atoms with Crippen LogP contribution in [0.5, 0.6) is 0 Å². The lowest BCUT2D eigenvalue weighted by Gasteiger charge is -2.05. The maximum atomic E-state index is 5.56. The first kappa shape index (κ1) is 10.5. The van der Waals surface area contributed by atoms with Crippen LogP contribution < -0.4 is 5.73 Å². The Morgan fingerprint density at radius 2 is 2.40 bits per heavy atom. The molecule has 0 aromatic carbocycles. The molecule has 80 valence electrons. The van der Waals surface area contributed by atoms with Crippen LogP contribution in [0.25, 0.3) is 5.65 Å². The molecule has 0 saturated heterocycles. The molecule has 3 nitrogen and oxygen atoms in total. The summed E-state index contributed by atoms with van der Waals surface area (Å²) in [5.41, 5.74) is 7.69. The molecular weight excluding hydrogens is 206 g/mol. The normalized spacial score (nSPS) is 13.2. The van der Waals surface area contributed by atoms with Crippen LogP contribution in [-0.2, 0) is 5.75 Å². The van der Waals surface area contributed by atoms with E-state index in [1.165, 1.54) is 0 Å². The van der Waals surface area contributed by atoms with Crippen molar-refractivity contribution in [3.05, 3.63) is 36.3 Å². The van der Waals surface area contributed by atoms with E-state index in [-0.39, 0.29) is 0 Å². The van der Waals surface area contributed by atoms with Gasteiger partial charge in [-0.2, -0.15) is 11.8 Å². The predicted molar refractivity (Wildman–Crippen MR) is 65.0 cm³/mol. The van der Waals surface area contributed by atoms with Gasteiger partial charge in [0.05, 0.1) is 5.69 Å². The second-order valence-corrected chi connectivity index (χ2v) is 4.98. The van der Waals surface area contributed by atoms with Gasteiger partial charge in [0, 0.05) is 29.9 Å². The van der Waals surface area contributed by atoms with Crippen LogP contribution in [0.4, 0.5) is 0 Å². The molecule has 0 spiro atoms. The maximum absolute atomic E-state index is 5.56. The summed E-state index contributed by atoms with van der Waals surface area (Å²) in [7, 11) is 0. The second-order valence-electron chi connectivity index (χ2n) is 3.56. The number of hydrogen-bond donors (Lipinski definition) is 1. The Kier molecular flexibility index (Phi) is 3.28. The third-order valence-corrected chi connectivity index (χ3v) is 3.49. The molecule has 2 aromatic rings. The van der Waals surface area contributed by atoms with Crippen molar-refractivity contribution >= 4 is 17.4 Å². The number of nitrogens with zero attached hydrogens (tertiary/aromatic N) is 2. The number of hydrogen-bond acceptors (Lipinski definition) is 3. The zero-order valence-electron chi connectivity index (χ0n) is 8.76. The smallest absolute Gasteiger partial charge is 0.137 e. The SMILES string of the molecule is CC(CN)SCc1cn2ccccc2n1. The largest absolute Gasteiger partial charge is 0.329 e. The molecule has 2 rings (SSSR count). The molecule has 1 unspecified atom stereocenters. The van der Waals surface area contributed by atoms with Crippen LogP contribution in [0, 0.1) is 0 Å². The van der Waals surface area contributed by atoms with Gasteiger partial charge in [0.2, 0.25) is 0 Å². The zero-order valence-corrected chi connectivity index (χ0v) is 9.57. The average Bonchev–Trinajstić information content (AvgIpc) is 2.68. The molecular formula is C11H15N3S. The number of pyridine rings is 1. The van der Waals surface area contributed by atoms with Crippen molar-refractivity contribution in [2.45, 2.75) is 17.9 Å². The minimum absolute atomic E-state index is 0.495. The third-order valence-electron chi connectivity index (χ3n) is 2.26. The minimum atomic E-state index is 0.495. The highest BCUT2D eigenvalue weighted by Gasteiger charge is 2.04. The number of nitrogens with two attached hydrogens (primary N) is 1. The maximum Gasteiger partial charge on any atom is 0.137 e. The van der Waals surface area contributed by atoms with Gasteiger partial charge in [-0.05, 0) is 12.1 Å². The number of fused-ring (bicyclic) bond motifs is 1. The van der Waals surface area contributed by atoms with Crippen LogP contribution in [0.3, 0.4) is 0 Å². The van der Waals surface area contributed by atoms with Gasteiger partial charge in [-0.1, -0.05) is 13.0 Å². The lowest BCUT2D eigenvalue weighted by atomic mass is 10.5. The standard InChI is InChI=1S/C11H15N3S/c1-9(6-12)15-8-10-7-14-5-3-2-4-11(14)13-10/h2-5,7,9H,6,8,12H2,1H3. The van der Waals surface area contributed by atoms with Crippen molar-refractivity contribution in [3.63, 3.8) is 0 Å². The lowest BCUT2D eigenvalue weighted by molar-refractivity contribution is 0.949. The molecule has 0 radical (unpaired) electrons. The van der Waals surface area contributed by atoms with E-state index in [2.05, 4.69) is 18.1 Å². The van der Waals surface area contributed by atoms with E-state index in [9.17, 15) is 0 Å². The Morgan fingerprint density at radius 1 is 1.53 bits per heavy atom. The first-order valence-corrected chi connectivity index (χ1v) is 6.09. The van der Waals surface area contributed by atoms with Gasteiger partial charge in [0.25, 0.3) is 0 Å². The van der Waals surface area contributed by atoms with Crippen LogP contribution >= 0.6 is 11.8 Å². The highest BCUT2D eigenvalue weighted by molar-refractivity contribution is 7.99. The highest BCUT2D eigenvalue weighted by Crippen LogP contribution is 2.16. The first-order valence-electron chi connectivity index (χ1n) is 5.04. The molecule has 1 atom stereocenters. The van der Waals surface area contributed by atoms with E-state index in [0.29, 0.717) is 5.25 Å². The molecule has 2 aromatic heterocycles. The molecule has 15 heavy (non-hydrogen) atoms. The quantitative estimate of drug-likeness (QED) is 0.857. The molecule has 0 aliphatic carbocycles. The molecule has 0 amide bonds. The molecule has 4 heteroatoms. The van der Waals surface area contributed by atoms with Crippen molar-refractivity contribution in [1.29, 1.82) is 0 Å². The van der Waals surface area contributed by atoms with Crippen molar-refractivity contribution < 1.29 is 0 Å². The summed E-state index contributed by atoms with van der Waals surface area (Å²) in [5.74, 6) is 0.931. The zero-order chi connectivity index (χ0) is 10.7. The van der Waals surface area contributed by atoms with Crippen molar-refractivity contribution in [1.82, 2.24) is 9.38 Å².